The van der Waals surface area contributed by atoms with Gasteiger partial charge in [0.25, 0.3) is 0 Å². The first-order chi connectivity index (χ1) is 11.0. The van der Waals surface area contributed by atoms with Gasteiger partial charge < -0.3 is 14.2 Å². The molecule has 0 fully saturated rings. The van der Waals surface area contributed by atoms with Crippen LogP contribution in [0.3, 0.4) is 0 Å². The van der Waals surface area contributed by atoms with Crippen molar-refractivity contribution in [2.24, 2.45) is 5.41 Å². The van der Waals surface area contributed by atoms with Crippen molar-refractivity contribution in [3.05, 3.63) is 41.5 Å². The Kier molecular flexibility index (Phi) is 4.83. The largest absolute Gasteiger partial charge is 0.468 e. The maximum Gasteiger partial charge on any atom is 0.337 e. The van der Waals surface area contributed by atoms with Crippen LogP contribution in [0.15, 0.2) is 30.3 Å². The Hall–Kier alpha value is -2.63. The number of hydrogen-bond acceptors (Lipinski definition) is 6. The molecule has 1 aliphatic rings. The molecule has 0 unspecified atom stereocenters. The van der Waals surface area contributed by atoms with E-state index in [9.17, 15) is 14.4 Å². The molecule has 2 rings (SSSR count). The second kappa shape index (κ2) is 6.64. The van der Waals surface area contributed by atoms with Gasteiger partial charge in [0.1, 0.15) is 0 Å². The van der Waals surface area contributed by atoms with Crippen LogP contribution >= 0.6 is 0 Å². The van der Waals surface area contributed by atoms with Crippen molar-refractivity contribution in [3.63, 3.8) is 0 Å². The number of allylic oxidation sites excluding steroid dienone is 2. The number of carbonyl (C=O) groups excluding carboxylic acids is 3. The zero-order valence-corrected chi connectivity index (χ0v) is 13.3. The normalized spacial score (nSPS) is 15.5. The van der Waals surface area contributed by atoms with Crippen LogP contribution in [0.1, 0.15) is 28.8 Å². The highest BCUT2D eigenvalue weighted by Crippen LogP contribution is 2.43. The number of methoxy groups -OCH3 is 3. The second-order valence-electron chi connectivity index (χ2n) is 5.24. The highest BCUT2D eigenvalue weighted by Gasteiger charge is 2.50. The summed E-state index contributed by atoms with van der Waals surface area (Å²) in [7, 11) is 3.81. The third-order valence-electron chi connectivity index (χ3n) is 4.02. The maximum absolute atomic E-state index is 12.1. The van der Waals surface area contributed by atoms with Crippen molar-refractivity contribution in [2.45, 2.75) is 12.8 Å². The molecule has 1 aliphatic carbocycles. The van der Waals surface area contributed by atoms with Gasteiger partial charge >= 0.3 is 17.9 Å². The molecular formula is C17H18O6. The lowest BCUT2D eigenvalue weighted by Gasteiger charge is -2.23. The van der Waals surface area contributed by atoms with Gasteiger partial charge in [0, 0.05) is 0 Å². The number of rotatable bonds is 4. The van der Waals surface area contributed by atoms with Gasteiger partial charge in [0.05, 0.1) is 26.9 Å². The van der Waals surface area contributed by atoms with Crippen LogP contribution < -0.4 is 0 Å². The molecular weight excluding hydrogens is 300 g/mol. The third kappa shape index (κ3) is 2.97. The van der Waals surface area contributed by atoms with Crippen molar-refractivity contribution in [1.29, 1.82) is 0 Å². The van der Waals surface area contributed by atoms with Crippen molar-refractivity contribution >= 4 is 23.5 Å². The molecule has 122 valence electrons. The molecule has 0 amide bonds. The molecule has 0 N–H and O–H groups in total. The lowest BCUT2D eigenvalue weighted by molar-refractivity contribution is -0.168. The molecule has 0 spiro atoms. The number of esters is 3. The van der Waals surface area contributed by atoms with E-state index in [1.54, 1.807) is 24.3 Å². The predicted molar refractivity (Wildman–Crippen MR) is 81.5 cm³/mol. The summed E-state index contributed by atoms with van der Waals surface area (Å²) in [6.07, 6.45) is 2.24. The van der Waals surface area contributed by atoms with Gasteiger partial charge in [-0.25, -0.2) is 4.79 Å². The van der Waals surface area contributed by atoms with Crippen molar-refractivity contribution < 1.29 is 28.6 Å². The molecule has 0 atom stereocenters. The van der Waals surface area contributed by atoms with E-state index in [1.165, 1.54) is 21.3 Å². The summed E-state index contributed by atoms with van der Waals surface area (Å²) in [5.41, 5.74) is 0.756. The summed E-state index contributed by atoms with van der Waals surface area (Å²) in [4.78, 5) is 35.6. The average molecular weight is 318 g/mol. The molecule has 6 nitrogen and oxygen atoms in total. The summed E-state index contributed by atoms with van der Waals surface area (Å²) in [6.45, 7) is 0. The zero-order valence-electron chi connectivity index (χ0n) is 13.3. The van der Waals surface area contributed by atoms with E-state index in [2.05, 4.69) is 4.74 Å². The molecule has 23 heavy (non-hydrogen) atoms. The molecule has 6 heteroatoms. The SMILES string of the molecule is COC(=O)c1ccc(C2=CCC(C(=O)OC)(C(=O)OC)C2)cc1. The fraction of sp³-hybridized carbons (Fsp3) is 0.353. The Labute approximate surface area is 134 Å². The number of carbonyl (C=O) groups is 3. The van der Waals surface area contributed by atoms with Crippen LogP contribution in [-0.2, 0) is 23.8 Å². The van der Waals surface area contributed by atoms with Crippen LogP contribution in [-0.4, -0.2) is 39.2 Å². The molecule has 0 heterocycles. The Bertz CT molecular complexity index is 640. The molecule has 0 bridgehead atoms. The van der Waals surface area contributed by atoms with Crippen LogP contribution in [0.2, 0.25) is 0 Å². The molecule has 0 saturated carbocycles. The fourth-order valence-electron chi connectivity index (χ4n) is 2.71. The third-order valence-corrected chi connectivity index (χ3v) is 4.02. The van der Waals surface area contributed by atoms with E-state index in [0.717, 1.165) is 11.1 Å². The van der Waals surface area contributed by atoms with Gasteiger partial charge in [-0.3, -0.25) is 9.59 Å². The van der Waals surface area contributed by atoms with Crippen molar-refractivity contribution in [2.75, 3.05) is 21.3 Å². The van der Waals surface area contributed by atoms with E-state index in [1.807, 2.05) is 6.08 Å². The average Bonchev–Trinajstić information content (AvgIpc) is 3.06. The van der Waals surface area contributed by atoms with Gasteiger partial charge in [-0.2, -0.15) is 0 Å². The first-order valence-electron chi connectivity index (χ1n) is 7.03. The fourth-order valence-corrected chi connectivity index (χ4v) is 2.71. The van der Waals surface area contributed by atoms with E-state index in [0.29, 0.717) is 5.56 Å². The van der Waals surface area contributed by atoms with E-state index in [-0.39, 0.29) is 12.8 Å². The van der Waals surface area contributed by atoms with E-state index < -0.39 is 23.3 Å². The highest BCUT2D eigenvalue weighted by atomic mass is 16.5. The summed E-state index contributed by atoms with van der Waals surface area (Å²) in [5, 5.41) is 0. The minimum Gasteiger partial charge on any atom is -0.468 e. The first kappa shape index (κ1) is 16.7. The smallest absolute Gasteiger partial charge is 0.337 e. The quantitative estimate of drug-likeness (QED) is 0.480. The maximum atomic E-state index is 12.1. The number of benzene rings is 1. The van der Waals surface area contributed by atoms with Gasteiger partial charge in [-0.15, -0.1) is 0 Å². The van der Waals surface area contributed by atoms with Gasteiger partial charge in [0.15, 0.2) is 5.41 Å². The standard InChI is InChI=1S/C17H18O6/c1-21-14(18)12-6-4-11(5-7-12)13-8-9-17(10-13,15(19)22-2)16(20)23-3/h4-8H,9-10H2,1-3H3. The zero-order chi connectivity index (χ0) is 17.0. The van der Waals surface area contributed by atoms with Gasteiger partial charge in [-0.1, -0.05) is 18.2 Å². The molecule has 1 aromatic carbocycles. The van der Waals surface area contributed by atoms with E-state index in [4.69, 9.17) is 9.47 Å². The molecule has 1 aromatic rings. The van der Waals surface area contributed by atoms with Gasteiger partial charge in [0.2, 0.25) is 0 Å². The highest BCUT2D eigenvalue weighted by molar-refractivity contribution is 6.03. The Morgan fingerprint density at radius 2 is 1.48 bits per heavy atom. The molecule has 0 aromatic heterocycles. The second-order valence-corrected chi connectivity index (χ2v) is 5.24. The summed E-state index contributed by atoms with van der Waals surface area (Å²) >= 11 is 0. The van der Waals surface area contributed by atoms with Crippen molar-refractivity contribution in [1.82, 2.24) is 0 Å². The topological polar surface area (TPSA) is 78.9 Å². The number of ether oxygens (including phenoxy) is 3. The van der Waals surface area contributed by atoms with E-state index >= 15 is 0 Å². The van der Waals surface area contributed by atoms with Gasteiger partial charge in [-0.05, 0) is 36.1 Å². The van der Waals surface area contributed by atoms with Crippen LogP contribution in [0.5, 0.6) is 0 Å². The monoisotopic (exact) mass is 318 g/mol. The molecule has 0 saturated heterocycles. The summed E-state index contributed by atoms with van der Waals surface area (Å²) in [5.74, 6) is -1.64. The summed E-state index contributed by atoms with van der Waals surface area (Å²) in [6, 6.07) is 6.78. The lowest BCUT2D eigenvalue weighted by atomic mass is 9.83. The Balaban J connectivity index is 2.25. The molecule has 0 radical (unpaired) electrons. The summed E-state index contributed by atoms with van der Waals surface area (Å²) < 4.78 is 14.2. The molecule has 0 aliphatic heterocycles. The predicted octanol–water partition coefficient (Wildman–Crippen LogP) is 1.98. The lowest BCUT2D eigenvalue weighted by Crippen LogP contribution is -2.39. The Morgan fingerprint density at radius 3 is 1.96 bits per heavy atom. The first-order valence-corrected chi connectivity index (χ1v) is 7.03. The van der Waals surface area contributed by atoms with Crippen LogP contribution in [0, 0.1) is 5.41 Å². The van der Waals surface area contributed by atoms with Crippen molar-refractivity contribution in [3.8, 4) is 0 Å². The Morgan fingerprint density at radius 1 is 0.913 bits per heavy atom. The van der Waals surface area contributed by atoms with Crippen LogP contribution in [0.25, 0.3) is 5.57 Å². The number of hydrogen-bond donors (Lipinski definition) is 0. The van der Waals surface area contributed by atoms with Crippen LogP contribution in [0.4, 0.5) is 0 Å². The minimum atomic E-state index is -1.33. The minimum absolute atomic E-state index is 0.198.